The third kappa shape index (κ3) is 4.05. The van der Waals surface area contributed by atoms with Gasteiger partial charge >= 0.3 is 0 Å². The zero-order chi connectivity index (χ0) is 22.5. The van der Waals surface area contributed by atoms with E-state index in [1.807, 2.05) is 12.1 Å². The molecule has 0 aliphatic carbocycles. The van der Waals surface area contributed by atoms with Gasteiger partial charge in [-0.25, -0.2) is 22.8 Å². The molecule has 2 atom stereocenters. The summed E-state index contributed by atoms with van der Waals surface area (Å²) in [7, 11) is -3.60. The molecule has 2 bridgehead atoms. The Morgan fingerprint density at radius 3 is 2.31 bits per heavy atom. The van der Waals surface area contributed by atoms with Crippen molar-refractivity contribution < 1.29 is 17.5 Å². The number of morpholine rings is 1. The monoisotopic (exact) mass is 454 g/mol. The molecule has 0 spiro atoms. The Morgan fingerprint density at radius 1 is 1.00 bits per heavy atom. The summed E-state index contributed by atoms with van der Waals surface area (Å²) >= 11 is 0. The molecule has 3 heterocycles. The smallest absolute Gasteiger partial charge is 0.226 e. The molecule has 9 heteroatoms. The van der Waals surface area contributed by atoms with Crippen LogP contribution in [0.2, 0.25) is 0 Å². The number of ether oxygens (including phenoxy) is 1. The van der Waals surface area contributed by atoms with E-state index in [9.17, 15) is 12.8 Å². The van der Waals surface area contributed by atoms with E-state index in [0.29, 0.717) is 36.1 Å². The van der Waals surface area contributed by atoms with Crippen molar-refractivity contribution in [1.29, 1.82) is 0 Å². The molecule has 3 aromatic rings. The number of aromatic nitrogens is 2. The lowest BCUT2D eigenvalue weighted by molar-refractivity contribution is 0.0299. The van der Waals surface area contributed by atoms with Crippen LogP contribution < -0.4 is 10.6 Å². The highest BCUT2D eigenvalue weighted by Gasteiger charge is 2.35. The van der Waals surface area contributed by atoms with Crippen LogP contribution in [0, 0.1) is 5.82 Å². The number of nitrogen functional groups attached to an aromatic ring is 1. The van der Waals surface area contributed by atoms with E-state index in [2.05, 4.69) is 9.88 Å². The fourth-order valence-corrected chi connectivity index (χ4v) is 5.20. The summed E-state index contributed by atoms with van der Waals surface area (Å²) in [5, 5.41) is 0. The summed E-state index contributed by atoms with van der Waals surface area (Å²) in [5.74, 6) is -0.0655. The molecule has 0 saturated carbocycles. The van der Waals surface area contributed by atoms with Crippen molar-refractivity contribution in [3.8, 4) is 22.5 Å². The van der Waals surface area contributed by atoms with Gasteiger partial charge in [0.25, 0.3) is 0 Å². The number of nitrogens with zero attached hydrogens (tertiary/aromatic N) is 3. The molecule has 7 nitrogen and oxygen atoms in total. The summed E-state index contributed by atoms with van der Waals surface area (Å²) in [4.78, 5) is 11.5. The third-order valence-electron chi connectivity index (χ3n) is 5.86. The minimum Gasteiger partial charge on any atom is -0.399 e. The Balaban J connectivity index is 1.68. The van der Waals surface area contributed by atoms with Crippen LogP contribution in [0.3, 0.4) is 0 Å². The zero-order valence-electron chi connectivity index (χ0n) is 17.5. The molecule has 32 heavy (non-hydrogen) atoms. The van der Waals surface area contributed by atoms with Gasteiger partial charge in [-0.15, -0.1) is 0 Å². The van der Waals surface area contributed by atoms with Crippen LogP contribution >= 0.6 is 0 Å². The van der Waals surface area contributed by atoms with Crippen LogP contribution in [0.1, 0.15) is 12.8 Å². The van der Waals surface area contributed by atoms with Crippen molar-refractivity contribution in [1.82, 2.24) is 9.97 Å². The van der Waals surface area contributed by atoms with E-state index >= 15 is 0 Å². The SMILES string of the molecule is CS(=O)(=O)c1ccc(F)cc1-c1cc(-c2ccc(N)cc2)nc(N2CC3CCC(C2)O3)n1. The second-order valence-corrected chi connectivity index (χ2v) is 10.3. The van der Waals surface area contributed by atoms with Crippen LogP contribution in [0.4, 0.5) is 16.0 Å². The number of hydrogen-bond donors (Lipinski definition) is 1. The second-order valence-electron chi connectivity index (χ2n) is 8.34. The molecule has 2 N–H and O–H groups in total. The van der Waals surface area contributed by atoms with Gasteiger partial charge in [0, 0.05) is 36.2 Å². The number of fused-ring (bicyclic) bond motifs is 2. The van der Waals surface area contributed by atoms with Gasteiger partial charge in [-0.1, -0.05) is 12.1 Å². The van der Waals surface area contributed by atoms with Gasteiger partial charge < -0.3 is 15.4 Å². The maximum absolute atomic E-state index is 14.2. The summed E-state index contributed by atoms with van der Waals surface area (Å²) < 4.78 is 44.9. The molecular weight excluding hydrogens is 431 g/mol. The number of rotatable bonds is 4. The fourth-order valence-electron chi connectivity index (χ4n) is 4.32. The normalized spacial score (nSPS) is 20.5. The van der Waals surface area contributed by atoms with Gasteiger partial charge in [0.15, 0.2) is 9.84 Å². The zero-order valence-corrected chi connectivity index (χ0v) is 18.3. The largest absolute Gasteiger partial charge is 0.399 e. The average molecular weight is 455 g/mol. The molecule has 2 aromatic carbocycles. The van der Waals surface area contributed by atoms with E-state index in [1.54, 1.807) is 18.2 Å². The standard InChI is InChI=1S/C23H23FN4O3S/c1-32(29,30)22-9-4-15(24)10-19(22)21-11-20(14-2-5-16(25)6-3-14)26-23(27-21)28-12-17-7-8-18(13-28)31-17/h2-6,9-11,17-18H,7-8,12-13,25H2,1H3. The number of benzene rings is 2. The van der Waals surface area contributed by atoms with Crippen LogP contribution in [-0.4, -0.2) is 49.9 Å². The quantitative estimate of drug-likeness (QED) is 0.477. The highest BCUT2D eigenvalue weighted by atomic mass is 32.2. The summed E-state index contributed by atoms with van der Waals surface area (Å²) in [6.45, 7) is 1.31. The highest BCUT2D eigenvalue weighted by Crippen LogP contribution is 2.34. The third-order valence-corrected chi connectivity index (χ3v) is 7.02. The second kappa shape index (κ2) is 7.83. The lowest BCUT2D eigenvalue weighted by Gasteiger charge is -2.32. The number of anilines is 2. The highest BCUT2D eigenvalue weighted by molar-refractivity contribution is 7.90. The van der Waals surface area contributed by atoms with Crippen molar-refractivity contribution in [2.45, 2.75) is 29.9 Å². The number of nitrogens with two attached hydrogens (primary N) is 1. The molecular formula is C23H23FN4O3S. The van der Waals surface area contributed by atoms with Crippen molar-refractivity contribution in [2.24, 2.45) is 0 Å². The first-order chi connectivity index (χ1) is 15.3. The van der Waals surface area contributed by atoms with Gasteiger partial charge in [0.1, 0.15) is 5.82 Å². The fraction of sp³-hybridized carbons (Fsp3) is 0.304. The molecule has 2 fully saturated rings. The molecule has 5 rings (SSSR count). The van der Waals surface area contributed by atoms with Gasteiger partial charge in [0.05, 0.1) is 28.5 Å². The van der Waals surface area contributed by atoms with E-state index in [0.717, 1.165) is 30.7 Å². The molecule has 2 saturated heterocycles. The minimum atomic E-state index is -3.60. The van der Waals surface area contributed by atoms with Crippen LogP contribution in [-0.2, 0) is 14.6 Å². The van der Waals surface area contributed by atoms with Crippen LogP contribution in [0.25, 0.3) is 22.5 Å². The van der Waals surface area contributed by atoms with Crippen LogP contribution in [0.5, 0.6) is 0 Å². The van der Waals surface area contributed by atoms with Crippen molar-refractivity contribution in [2.75, 3.05) is 30.0 Å². The van der Waals surface area contributed by atoms with Gasteiger partial charge in [-0.2, -0.15) is 0 Å². The molecule has 1 aromatic heterocycles. The topological polar surface area (TPSA) is 98.4 Å². The van der Waals surface area contributed by atoms with Gasteiger partial charge in [-0.05, 0) is 49.2 Å². The van der Waals surface area contributed by atoms with E-state index in [1.165, 1.54) is 12.1 Å². The maximum Gasteiger partial charge on any atom is 0.226 e. The number of sulfone groups is 1. The minimum absolute atomic E-state index is 0.0221. The lowest BCUT2D eigenvalue weighted by atomic mass is 10.1. The summed E-state index contributed by atoms with van der Waals surface area (Å²) in [6, 6.07) is 12.5. The molecule has 0 amide bonds. The summed E-state index contributed by atoms with van der Waals surface area (Å²) in [6.07, 6.45) is 3.34. The number of halogens is 1. The van der Waals surface area contributed by atoms with Crippen molar-refractivity contribution >= 4 is 21.5 Å². The van der Waals surface area contributed by atoms with Crippen LogP contribution in [0.15, 0.2) is 53.4 Å². The Hall–Kier alpha value is -3.04. The Kier molecular flexibility index (Phi) is 5.10. The van der Waals surface area contributed by atoms with Crippen molar-refractivity contribution in [3.63, 3.8) is 0 Å². The Bertz CT molecular complexity index is 1270. The first kappa shape index (κ1) is 20.8. The first-order valence-electron chi connectivity index (χ1n) is 10.4. The van der Waals surface area contributed by atoms with Gasteiger partial charge in [0.2, 0.25) is 5.95 Å². The maximum atomic E-state index is 14.2. The molecule has 0 radical (unpaired) electrons. The first-order valence-corrected chi connectivity index (χ1v) is 12.3. The molecule has 2 unspecified atom stereocenters. The van der Waals surface area contributed by atoms with E-state index in [-0.39, 0.29) is 22.7 Å². The Labute approximate surface area is 186 Å². The molecule has 166 valence electrons. The predicted octanol–water partition coefficient (Wildman–Crippen LogP) is 3.30. The average Bonchev–Trinajstić information content (AvgIpc) is 3.10. The predicted molar refractivity (Wildman–Crippen MR) is 120 cm³/mol. The Morgan fingerprint density at radius 2 is 1.66 bits per heavy atom. The van der Waals surface area contributed by atoms with E-state index < -0.39 is 15.7 Å². The van der Waals surface area contributed by atoms with E-state index in [4.69, 9.17) is 15.5 Å². The lowest BCUT2D eigenvalue weighted by Crippen LogP contribution is -2.43. The molecule has 2 aliphatic heterocycles. The van der Waals surface area contributed by atoms with Gasteiger partial charge in [-0.3, -0.25) is 0 Å². The molecule has 2 aliphatic rings. The van der Waals surface area contributed by atoms with Crippen molar-refractivity contribution in [3.05, 3.63) is 54.3 Å². The summed E-state index contributed by atoms with van der Waals surface area (Å²) in [5.41, 5.74) is 8.42. The number of hydrogen-bond acceptors (Lipinski definition) is 7.